The smallest absolute Gasteiger partial charge is 0.243 e. The number of hydrogen-bond donors (Lipinski definition) is 1. The van der Waals surface area contributed by atoms with E-state index in [1.807, 2.05) is 32.2 Å². The number of nitrogens with zero attached hydrogens (tertiary/aromatic N) is 1. The molecule has 1 unspecified atom stereocenters. The van der Waals surface area contributed by atoms with E-state index in [9.17, 15) is 8.42 Å². The predicted octanol–water partition coefficient (Wildman–Crippen LogP) is 2.56. The van der Waals surface area contributed by atoms with Gasteiger partial charge in [0.15, 0.2) is 0 Å². The Kier molecular flexibility index (Phi) is 7.73. The average Bonchev–Trinajstić information content (AvgIpc) is 2.49. The number of nitrogens with one attached hydrogen (secondary N) is 1. The van der Waals surface area contributed by atoms with Crippen LogP contribution in [0.3, 0.4) is 0 Å². The Balaban J connectivity index is 3.01. The van der Waals surface area contributed by atoms with Crippen LogP contribution in [-0.4, -0.2) is 44.4 Å². The molecule has 0 saturated heterocycles. The summed E-state index contributed by atoms with van der Waals surface area (Å²) >= 11 is 1.74. The SMILES string of the molecule is CCNCc1ccccc1S(=O)(=O)N(C)C(C)CCSC. The summed E-state index contributed by atoms with van der Waals surface area (Å²) in [5, 5.41) is 3.19. The molecule has 1 N–H and O–H groups in total. The van der Waals surface area contributed by atoms with E-state index in [0.29, 0.717) is 11.4 Å². The average molecular weight is 331 g/mol. The topological polar surface area (TPSA) is 49.4 Å². The summed E-state index contributed by atoms with van der Waals surface area (Å²) in [7, 11) is -1.77. The van der Waals surface area contributed by atoms with E-state index in [0.717, 1.165) is 24.3 Å². The zero-order chi connectivity index (χ0) is 15.9. The van der Waals surface area contributed by atoms with Crippen LogP contribution in [0.2, 0.25) is 0 Å². The van der Waals surface area contributed by atoms with Crippen LogP contribution in [0, 0.1) is 0 Å². The van der Waals surface area contributed by atoms with Gasteiger partial charge in [-0.3, -0.25) is 0 Å². The van der Waals surface area contributed by atoms with Crippen molar-refractivity contribution in [2.24, 2.45) is 0 Å². The van der Waals surface area contributed by atoms with Crippen LogP contribution in [0.25, 0.3) is 0 Å². The van der Waals surface area contributed by atoms with Crippen LogP contribution < -0.4 is 5.32 Å². The first kappa shape index (κ1) is 18.5. The minimum Gasteiger partial charge on any atom is -0.313 e. The third-order valence-corrected chi connectivity index (χ3v) is 6.27. The lowest BCUT2D eigenvalue weighted by Gasteiger charge is -2.25. The first-order chi connectivity index (χ1) is 9.95. The molecular weight excluding hydrogens is 304 g/mol. The highest BCUT2D eigenvalue weighted by molar-refractivity contribution is 7.98. The standard InChI is InChI=1S/C15H26N2O2S2/c1-5-16-12-14-8-6-7-9-15(14)21(18,19)17(3)13(2)10-11-20-4/h6-9,13,16H,5,10-12H2,1-4H3. The van der Waals surface area contributed by atoms with Crippen LogP contribution in [0.5, 0.6) is 0 Å². The highest BCUT2D eigenvalue weighted by atomic mass is 32.2. The molecule has 1 rings (SSSR count). The van der Waals surface area contributed by atoms with Gasteiger partial charge >= 0.3 is 0 Å². The Bertz CT molecular complexity index is 532. The van der Waals surface area contributed by atoms with Crippen molar-refractivity contribution in [2.45, 2.75) is 37.8 Å². The minimum absolute atomic E-state index is 0.00496. The lowest BCUT2D eigenvalue weighted by atomic mass is 10.2. The monoisotopic (exact) mass is 330 g/mol. The quantitative estimate of drug-likeness (QED) is 0.756. The van der Waals surface area contributed by atoms with Crippen LogP contribution in [-0.2, 0) is 16.6 Å². The van der Waals surface area contributed by atoms with Crippen molar-refractivity contribution in [1.29, 1.82) is 0 Å². The van der Waals surface area contributed by atoms with Gasteiger partial charge in [0.2, 0.25) is 10.0 Å². The Hall–Kier alpha value is -0.560. The van der Waals surface area contributed by atoms with Crippen molar-refractivity contribution in [2.75, 3.05) is 25.6 Å². The molecule has 0 bridgehead atoms. The second kappa shape index (κ2) is 8.78. The first-order valence-electron chi connectivity index (χ1n) is 7.20. The van der Waals surface area contributed by atoms with E-state index in [1.165, 1.54) is 4.31 Å². The summed E-state index contributed by atoms with van der Waals surface area (Å²) in [5.74, 6) is 0.958. The van der Waals surface area contributed by atoms with E-state index in [2.05, 4.69) is 5.32 Å². The second-order valence-corrected chi connectivity index (χ2v) is 7.99. The summed E-state index contributed by atoms with van der Waals surface area (Å²) in [6.07, 6.45) is 2.89. The maximum Gasteiger partial charge on any atom is 0.243 e. The van der Waals surface area contributed by atoms with E-state index < -0.39 is 10.0 Å². The van der Waals surface area contributed by atoms with E-state index in [4.69, 9.17) is 0 Å². The number of thioether (sulfide) groups is 1. The Morgan fingerprint density at radius 3 is 2.62 bits per heavy atom. The Morgan fingerprint density at radius 1 is 1.33 bits per heavy atom. The number of hydrogen-bond acceptors (Lipinski definition) is 4. The van der Waals surface area contributed by atoms with Crippen LogP contribution in [0.4, 0.5) is 0 Å². The highest BCUT2D eigenvalue weighted by Crippen LogP contribution is 2.22. The molecule has 0 amide bonds. The third kappa shape index (κ3) is 4.98. The lowest BCUT2D eigenvalue weighted by Crippen LogP contribution is -2.36. The molecule has 120 valence electrons. The predicted molar refractivity (Wildman–Crippen MR) is 91.2 cm³/mol. The van der Waals surface area contributed by atoms with Crippen molar-refractivity contribution in [3.8, 4) is 0 Å². The molecule has 0 aromatic heterocycles. The fourth-order valence-corrected chi connectivity index (χ4v) is 4.21. The molecule has 0 heterocycles. The molecule has 0 spiro atoms. The van der Waals surface area contributed by atoms with Crippen LogP contribution in [0.1, 0.15) is 25.8 Å². The van der Waals surface area contributed by atoms with Crippen molar-refractivity contribution < 1.29 is 8.42 Å². The van der Waals surface area contributed by atoms with Crippen LogP contribution >= 0.6 is 11.8 Å². The van der Waals surface area contributed by atoms with E-state index >= 15 is 0 Å². The fourth-order valence-electron chi connectivity index (χ4n) is 2.02. The largest absolute Gasteiger partial charge is 0.313 e. The van der Waals surface area contributed by atoms with Gasteiger partial charge in [-0.05, 0) is 43.5 Å². The molecule has 0 aliphatic rings. The number of benzene rings is 1. The zero-order valence-corrected chi connectivity index (χ0v) is 14.9. The molecule has 0 radical (unpaired) electrons. The molecule has 0 fully saturated rings. The minimum atomic E-state index is -3.45. The molecule has 1 atom stereocenters. The van der Waals surface area contributed by atoms with Crippen molar-refractivity contribution in [3.63, 3.8) is 0 Å². The maximum atomic E-state index is 12.8. The molecule has 4 nitrogen and oxygen atoms in total. The Labute approximate surface area is 133 Å². The van der Waals surface area contributed by atoms with Crippen LogP contribution in [0.15, 0.2) is 29.2 Å². The third-order valence-electron chi connectivity index (χ3n) is 3.56. The summed E-state index contributed by atoms with van der Waals surface area (Å²) in [6, 6.07) is 7.22. The van der Waals surface area contributed by atoms with Crippen molar-refractivity contribution in [1.82, 2.24) is 9.62 Å². The van der Waals surface area contributed by atoms with Gasteiger partial charge in [0.1, 0.15) is 0 Å². The lowest BCUT2D eigenvalue weighted by molar-refractivity contribution is 0.382. The van der Waals surface area contributed by atoms with Gasteiger partial charge in [0.05, 0.1) is 4.90 Å². The molecular formula is C15H26N2O2S2. The number of rotatable bonds is 9. The molecule has 1 aromatic carbocycles. The van der Waals surface area contributed by atoms with Gasteiger partial charge in [-0.1, -0.05) is 25.1 Å². The van der Waals surface area contributed by atoms with Gasteiger partial charge in [-0.2, -0.15) is 16.1 Å². The summed E-state index contributed by atoms with van der Waals surface area (Å²) in [5.41, 5.74) is 0.822. The summed E-state index contributed by atoms with van der Waals surface area (Å²) in [4.78, 5) is 0.407. The number of sulfonamides is 1. The van der Waals surface area contributed by atoms with Crippen molar-refractivity contribution >= 4 is 21.8 Å². The molecule has 0 aliphatic carbocycles. The van der Waals surface area contributed by atoms with Gasteiger partial charge < -0.3 is 5.32 Å². The highest BCUT2D eigenvalue weighted by Gasteiger charge is 2.26. The Morgan fingerprint density at radius 2 is 2.00 bits per heavy atom. The van der Waals surface area contributed by atoms with Crippen molar-refractivity contribution in [3.05, 3.63) is 29.8 Å². The van der Waals surface area contributed by atoms with Gasteiger partial charge in [0, 0.05) is 19.6 Å². The summed E-state index contributed by atoms with van der Waals surface area (Å²) in [6.45, 7) is 5.35. The molecule has 0 saturated carbocycles. The molecule has 1 aromatic rings. The van der Waals surface area contributed by atoms with E-state index in [-0.39, 0.29) is 6.04 Å². The van der Waals surface area contributed by atoms with Gasteiger partial charge in [-0.15, -0.1) is 0 Å². The molecule has 6 heteroatoms. The van der Waals surface area contributed by atoms with Gasteiger partial charge in [0.25, 0.3) is 0 Å². The maximum absolute atomic E-state index is 12.8. The molecule has 0 aliphatic heterocycles. The first-order valence-corrected chi connectivity index (χ1v) is 10.0. The van der Waals surface area contributed by atoms with E-state index in [1.54, 1.807) is 30.9 Å². The summed E-state index contributed by atoms with van der Waals surface area (Å²) < 4.78 is 27.1. The zero-order valence-electron chi connectivity index (χ0n) is 13.3. The second-order valence-electron chi connectivity index (χ2n) is 5.04. The fraction of sp³-hybridized carbons (Fsp3) is 0.600. The normalized spacial score (nSPS) is 13.6. The molecule has 21 heavy (non-hydrogen) atoms. The van der Waals surface area contributed by atoms with Gasteiger partial charge in [-0.25, -0.2) is 8.42 Å².